The lowest BCUT2D eigenvalue weighted by molar-refractivity contribution is 0.470. The number of aromatic nitrogens is 3. The molecule has 0 saturated heterocycles. The SMILES string of the molecule is Cn1ccc2cc(Nc3nc(Oc4ccccc4)c4sccc4n3)ccc21. The lowest BCUT2D eigenvalue weighted by atomic mass is 10.2. The van der Waals surface area contributed by atoms with Crippen LogP contribution in [0.3, 0.4) is 0 Å². The Hall–Kier alpha value is -3.38. The topological polar surface area (TPSA) is 52.0 Å². The minimum absolute atomic E-state index is 0.516. The molecule has 5 aromatic rings. The van der Waals surface area contributed by atoms with Crippen molar-refractivity contribution in [2.24, 2.45) is 7.05 Å². The summed E-state index contributed by atoms with van der Waals surface area (Å²) in [4.78, 5) is 9.23. The van der Waals surface area contributed by atoms with Gasteiger partial charge in [0.2, 0.25) is 11.8 Å². The van der Waals surface area contributed by atoms with Gasteiger partial charge < -0.3 is 14.6 Å². The number of hydrogen-bond donors (Lipinski definition) is 1. The van der Waals surface area contributed by atoms with E-state index in [1.807, 2.05) is 61.1 Å². The van der Waals surface area contributed by atoms with Crippen molar-refractivity contribution in [3.8, 4) is 11.6 Å². The molecule has 5 nitrogen and oxygen atoms in total. The zero-order valence-electron chi connectivity index (χ0n) is 14.6. The van der Waals surface area contributed by atoms with E-state index in [9.17, 15) is 0 Å². The van der Waals surface area contributed by atoms with E-state index >= 15 is 0 Å². The summed E-state index contributed by atoms with van der Waals surface area (Å²) in [5.74, 6) is 1.83. The van der Waals surface area contributed by atoms with Crippen LogP contribution in [0.4, 0.5) is 11.6 Å². The third-order valence-corrected chi connectivity index (χ3v) is 5.26. The van der Waals surface area contributed by atoms with Gasteiger partial charge in [-0.2, -0.15) is 4.98 Å². The summed E-state index contributed by atoms with van der Waals surface area (Å²) in [5.41, 5.74) is 2.99. The molecule has 0 spiro atoms. The summed E-state index contributed by atoms with van der Waals surface area (Å²) in [6.45, 7) is 0. The van der Waals surface area contributed by atoms with Gasteiger partial charge >= 0.3 is 0 Å². The van der Waals surface area contributed by atoms with Crippen molar-refractivity contribution in [2.75, 3.05) is 5.32 Å². The van der Waals surface area contributed by atoms with E-state index in [1.165, 1.54) is 10.9 Å². The summed E-state index contributed by atoms with van der Waals surface area (Å²) in [6.07, 6.45) is 2.05. The van der Waals surface area contributed by atoms with Crippen LogP contribution in [0, 0.1) is 0 Å². The van der Waals surface area contributed by atoms with Crippen LogP contribution in [0.25, 0.3) is 21.1 Å². The molecule has 0 amide bonds. The minimum atomic E-state index is 0.516. The highest BCUT2D eigenvalue weighted by molar-refractivity contribution is 7.17. The molecule has 132 valence electrons. The highest BCUT2D eigenvalue weighted by atomic mass is 32.1. The molecule has 0 radical (unpaired) electrons. The number of hydrogen-bond acceptors (Lipinski definition) is 5. The van der Waals surface area contributed by atoms with Crippen molar-refractivity contribution in [3.05, 3.63) is 72.2 Å². The maximum Gasteiger partial charge on any atom is 0.242 e. The fraction of sp³-hybridized carbons (Fsp3) is 0.0476. The lowest BCUT2D eigenvalue weighted by Gasteiger charge is -2.09. The molecule has 3 heterocycles. The normalized spacial score (nSPS) is 11.1. The van der Waals surface area contributed by atoms with Gasteiger partial charge in [0, 0.05) is 29.8 Å². The zero-order chi connectivity index (χ0) is 18.2. The van der Waals surface area contributed by atoms with E-state index in [2.05, 4.69) is 38.1 Å². The maximum atomic E-state index is 6.02. The third-order valence-electron chi connectivity index (χ3n) is 4.37. The Balaban J connectivity index is 1.52. The van der Waals surface area contributed by atoms with Crippen molar-refractivity contribution in [1.82, 2.24) is 14.5 Å². The van der Waals surface area contributed by atoms with Crippen LogP contribution in [0.5, 0.6) is 11.6 Å². The van der Waals surface area contributed by atoms with Gasteiger partial charge in [0.25, 0.3) is 0 Å². The van der Waals surface area contributed by atoms with Crippen LogP contribution in [0.1, 0.15) is 0 Å². The highest BCUT2D eigenvalue weighted by Gasteiger charge is 2.12. The molecule has 3 aromatic heterocycles. The van der Waals surface area contributed by atoms with Crippen molar-refractivity contribution in [3.63, 3.8) is 0 Å². The fourth-order valence-electron chi connectivity index (χ4n) is 3.05. The van der Waals surface area contributed by atoms with Crippen LogP contribution in [0.2, 0.25) is 0 Å². The molecule has 0 unspecified atom stereocenters. The van der Waals surface area contributed by atoms with Crippen molar-refractivity contribution in [2.45, 2.75) is 0 Å². The van der Waals surface area contributed by atoms with Gasteiger partial charge in [-0.3, -0.25) is 0 Å². The molecule has 0 aliphatic rings. The second-order valence-electron chi connectivity index (χ2n) is 6.23. The standard InChI is InChI=1S/C21H16N4OS/c1-25-11-9-14-13-15(7-8-18(14)25)22-21-23-17-10-12-27-19(17)20(24-21)26-16-5-3-2-4-6-16/h2-13H,1H3,(H,22,23,24). The van der Waals surface area contributed by atoms with E-state index in [0.29, 0.717) is 11.8 Å². The number of benzene rings is 2. The lowest BCUT2D eigenvalue weighted by Crippen LogP contribution is -1.99. The van der Waals surface area contributed by atoms with E-state index in [0.717, 1.165) is 21.7 Å². The van der Waals surface area contributed by atoms with Gasteiger partial charge in [-0.05, 0) is 47.8 Å². The molecule has 0 atom stereocenters. The van der Waals surface area contributed by atoms with Crippen LogP contribution >= 0.6 is 11.3 Å². The first kappa shape index (κ1) is 15.8. The maximum absolute atomic E-state index is 6.02. The largest absolute Gasteiger partial charge is 0.437 e. The van der Waals surface area contributed by atoms with E-state index < -0.39 is 0 Å². The summed E-state index contributed by atoms with van der Waals surface area (Å²) < 4.78 is 9.05. The fourth-order valence-corrected chi connectivity index (χ4v) is 3.81. The van der Waals surface area contributed by atoms with Gasteiger partial charge in [0.05, 0.1) is 5.52 Å². The predicted molar refractivity (Wildman–Crippen MR) is 110 cm³/mol. The van der Waals surface area contributed by atoms with Crippen molar-refractivity contribution < 1.29 is 4.74 Å². The predicted octanol–water partition coefficient (Wildman–Crippen LogP) is 5.72. The van der Waals surface area contributed by atoms with E-state index in [1.54, 1.807) is 11.3 Å². The first-order valence-electron chi connectivity index (χ1n) is 8.56. The first-order valence-corrected chi connectivity index (χ1v) is 9.44. The molecule has 0 bridgehead atoms. The number of para-hydroxylation sites is 1. The average molecular weight is 372 g/mol. The summed E-state index contributed by atoms with van der Waals surface area (Å²) in [5, 5.41) is 6.47. The molecule has 0 aliphatic heterocycles. The molecule has 0 saturated carbocycles. The Morgan fingerprint density at radius 3 is 2.78 bits per heavy atom. The Morgan fingerprint density at radius 2 is 1.89 bits per heavy atom. The molecule has 0 fully saturated rings. The van der Waals surface area contributed by atoms with Gasteiger partial charge in [0.15, 0.2) is 0 Å². The first-order chi connectivity index (χ1) is 13.3. The van der Waals surface area contributed by atoms with E-state index in [4.69, 9.17) is 4.74 Å². The zero-order valence-corrected chi connectivity index (χ0v) is 15.4. The third kappa shape index (κ3) is 3.00. The van der Waals surface area contributed by atoms with Crippen molar-refractivity contribution >= 4 is 44.1 Å². The molecule has 5 rings (SSSR count). The molecular weight excluding hydrogens is 356 g/mol. The number of ether oxygens (including phenoxy) is 1. The number of thiophene rings is 1. The highest BCUT2D eigenvalue weighted by Crippen LogP contribution is 2.33. The molecule has 27 heavy (non-hydrogen) atoms. The summed E-state index contributed by atoms with van der Waals surface area (Å²) >= 11 is 1.57. The van der Waals surface area contributed by atoms with Gasteiger partial charge in [-0.15, -0.1) is 11.3 Å². The van der Waals surface area contributed by atoms with Gasteiger partial charge in [-0.25, -0.2) is 4.98 Å². The monoisotopic (exact) mass is 372 g/mol. The second-order valence-corrected chi connectivity index (χ2v) is 7.14. The molecule has 0 aliphatic carbocycles. The Labute approximate surface area is 159 Å². The number of fused-ring (bicyclic) bond motifs is 2. The number of nitrogens with zero attached hydrogens (tertiary/aromatic N) is 3. The average Bonchev–Trinajstić information content (AvgIpc) is 3.30. The van der Waals surface area contributed by atoms with Crippen LogP contribution in [-0.2, 0) is 7.05 Å². The number of nitrogens with one attached hydrogen (secondary N) is 1. The Morgan fingerprint density at radius 1 is 1.00 bits per heavy atom. The van der Waals surface area contributed by atoms with Crippen LogP contribution in [0.15, 0.2) is 72.2 Å². The molecule has 2 aromatic carbocycles. The number of aryl methyl sites for hydroxylation is 1. The minimum Gasteiger partial charge on any atom is -0.437 e. The molecular formula is C21H16N4OS. The Bertz CT molecular complexity index is 1240. The van der Waals surface area contributed by atoms with Gasteiger partial charge in [-0.1, -0.05) is 18.2 Å². The van der Waals surface area contributed by atoms with Crippen molar-refractivity contribution in [1.29, 1.82) is 0 Å². The number of anilines is 2. The molecule has 6 heteroatoms. The number of rotatable bonds is 4. The second kappa shape index (κ2) is 6.41. The van der Waals surface area contributed by atoms with Gasteiger partial charge in [0.1, 0.15) is 10.4 Å². The summed E-state index contributed by atoms with van der Waals surface area (Å²) in [6, 6.07) is 19.9. The molecule has 1 N–H and O–H groups in total. The quantitative estimate of drug-likeness (QED) is 0.438. The van der Waals surface area contributed by atoms with Crippen LogP contribution < -0.4 is 10.1 Å². The summed E-state index contributed by atoms with van der Waals surface area (Å²) in [7, 11) is 2.04. The smallest absolute Gasteiger partial charge is 0.242 e. The van der Waals surface area contributed by atoms with E-state index in [-0.39, 0.29) is 0 Å². The Kier molecular flexibility index (Phi) is 3.76. The van der Waals surface area contributed by atoms with Crippen LogP contribution in [-0.4, -0.2) is 14.5 Å².